The third-order valence-corrected chi connectivity index (χ3v) is 6.61. The Morgan fingerprint density at radius 2 is 1.86 bits per heavy atom. The second-order valence-electron chi connectivity index (χ2n) is 9.21. The van der Waals surface area contributed by atoms with Gasteiger partial charge in [0, 0.05) is 25.3 Å². The van der Waals surface area contributed by atoms with E-state index in [0.717, 1.165) is 0 Å². The van der Waals surface area contributed by atoms with Crippen LogP contribution >= 0.6 is 11.6 Å². The lowest BCUT2D eigenvalue weighted by Gasteiger charge is -2.43. The average Bonchev–Trinajstić information content (AvgIpc) is 3.53. The molecule has 1 fully saturated rings. The van der Waals surface area contributed by atoms with Crippen LogP contribution in [-0.2, 0) is 21.4 Å². The van der Waals surface area contributed by atoms with Crippen LogP contribution in [0.3, 0.4) is 0 Å². The normalized spacial score (nSPS) is 24.9. The third-order valence-electron chi connectivity index (χ3n) is 6.32. The quantitative estimate of drug-likeness (QED) is 0.367. The summed E-state index contributed by atoms with van der Waals surface area (Å²) in [6, 6.07) is 1.59. The predicted molar refractivity (Wildman–Crippen MR) is 122 cm³/mol. The molecule has 1 saturated heterocycles. The Kier molecular flexibility index (Phi) is 7.69. The van der Waals surface area contributed by atoms with Crippen LogP contribution < -0.4 is 0 Å². The van der Waals surface area contributed by atoms with Crippen molar-refractivity contribution in [2.24, 2.45) is 0 Å². The van der Waals surface area contributed by atoms with Gasteiger partial charge in [0.1, 0.15) is 30.0 Å². The van der Waals surface area contributed by atoms with Gasteiger partial charge in [-0.3, -0.25) is 0 Å². The first-order valence-corrected chi connectivity index (χ1v) is 11.5. The smallest absolute Gasteiger partial charge is 0.178 e. The fraction of sp³-hybridized carbons (Fsp3) is 0.545. The largest absolute Gasteiger partial charge is 0.394 e. The Morgan fingerprint density at radius 3 is 2.53 bits per heavy atom. The fourth-order valence-electron chi connectivity index (χ4n) is 4.17. The molecular formula is C22H27ClF2N6O5. The van der Waals surface area contributed by atoms with Gasteiger partial charge in [-0.2, -0.15) is 0 Å². The molecule has 0 radical (unpaired) electrons. The Labute approximate surface area is 210 Å². The fourth-order valence-corrected chi connectivity index (χ4v) is 4.31. The van der Waals surface area contributed by atoms with Crippen LogP contribution in [0, 0.1) is 11.6 Å². The lowest BCUT2D eigenvalue weighted by atomic mass is 9.90. The summed E-state index contributed by atoms with van der Waals surface area (Å²) in [5.41, 5.74) is -0.271. The SMILES string of the molecule is CO[C@@H]1[C@@H](n2cc(-c3ccc(Cl)c(F)c3F)nn2)[C@@H](O)[C@@H](CO)O[C@@H]1Cc1cn(C(C)(C)CO)nn1. The highest BCUT2D eigenvalue weighted by molar-refractivity contribution is 6.30. The van der Waals surface area contributed by atoms with Crippen LogP contribution in [0.15, 0.2) is 24.5 Å². The van der Waals surface area contributed by atoms with E-state index in [1.807, 2.05) is 0 Å². The first-order valence-electron chi connectivity index (χ1n) is 11.2. The zero-order chi connectivity index (χ0) is 26.2. The maximum absolute atomic E-state index is 14.5. The number of benzene rings is 1. The summed E-state index contributed by atoms with van der Waals surface area (Å²) in [4.78, 5) is 0. The number of aliphatic hydroxyl groups excluding tert-OH is 3. The molecule has 1 aliphatic heterocycles. The summed E-state index contributed by atoms with van der Waals surface area (Å²) in [5, 5.41) is 46.2. The Hall–Kier alpha value is -2.55. The minimum atomic E-state index is -1.26. The summed E-state index contributed by atoms with van der Waals surface area (Å²) in [7, 11) is 1.43. The molecule has 4 rings (SSSR count). The van der Waals surface area contributed by atoms with Gasteiger partial charge in [0.2, 0.25) is 0 Å². The molecule has 0 saturated carbocycles. The number of aliphatic hydroxyl groups is 3. The molecule has 3 N–H and O–H groups in total. The van der Waals surface area contributed by atoms with Gasteiger partial charge in [-0.1, -0.05) is 22.0 Å². The van der Waals surface area contributed by atoms with E-state index >= 15 is 0 Å². The van der Waals surface area contributed by atoms with Gasteiger partial charge >= 0.3 is 0 Å². The Balaban J connectivity index is 1.65. The van der Waals surface area contributed by atoms with Crippen molar-refractivity contribution in [3.05, 3.63) is 46.9 Å². The molecule has 196 valence electrons. The van der Waals surface area contributed by atoms with Crippen molar-refractivity contribution in [2.45, 2.75) is 56.3 Å². The minimum absolute atomic E-state index is 0.0166. The molecule has 1 aliphatic rings. The zero-order valence-corrected chi connectivity index (χ0v) is 20.5. The van der Waals surface area contributed by atoms with Gasteiger partial charge in [-0.15, -0.1) is 10.2 Å². The zero-order valence-electron chi connectivity index (χ0n) is 19.8. The highest BCUT2D eigenvalue weighted by Gasteiger charge is 2.47. The molecule has 0 spiro atoms. The summed E-state index contributed by atoms with van der Waals surface area (Å²) < 4.78 is 42.9. The van der Waals surface area contributed by atoms with Crippen molar-refractivity contribution in [1.29, 1.82) is 0 Å². The molecule has 3 heterocycles. The molecule has 2 aromatic heterocycles. The van der Waals surface area contributed by atoms with Crippen LogP contribution in [-0.4, -0.2) is 90.0 Å². The monoisotopic (exact) mass is 528 g/mol. The first-order chi connectivity index (χ1) is 17.1. The number of ether oxygens (including phenoxy) is 2. The van der Waals surface area contributed by atoms with E-state index in [4.69, 9.17) is 21.1 Å². The molecule has 1 aromatic carbocycles. The van der Waals surface area contributed by atoms with Crippen molar-refractivity contribution in [3.63, 3.8) is 0 Å². The second-order valence-corrected chi connectivity index (χ2v) is 9.62. The summed E-state index contributed by atoms with van der Waals surface area (Å²) >= 11 is 5.64. The van der Waals surface area contributed by atoms with Gasteiger partial charge < -0.3 is 24.8 Å². The lowest BCUT2D eigenvalue weighted by Crippen LogP contribution is -2.57. The van der Waals surface area contributed by atoms with E-state index in [2.05, 4.69) is 20.6 Å². The summed E-state index contributed by atoms with van der Waals surface area (Å²) in [6.07, 6.45) is -0.512. The molecule has 3 aromatic rings. The third kappa shape index (κ3) is 4.86. The van der Waals surface area contributed by atoms with Gasteiger partial charge in [-0.05, 0) is 26.0 Å². The lowest BCUT2D eigenvalue weighted by molar-refractivity contribution is -0.212. The first kappa shape index (κ1) is 26.5. The molecule has 11 nitrogen and oxygen atoms in total. The Morgan fingerprint density at radius 1 is 1.11 bits per heavy atom. The van der Waals surface area contributed by atoms with E-state index in [9.17, 15) is 24.1 Å². The molecule has 0 amide bonds. The minimum Gasteiger partial charge on any atom is -0.394 e. The van der Waals surface area contributed by atoms with Gasteiger partial charge in [0.05, 0.1) is 41.8 Å². The summed E-state index contributed by atoms with van der Waals surface area (Å²) in [6.45, 7) is 2.95. The molecule has 0 bridgehead atoms. The van der Waals surface area contributed by atoms with E-state index in [-0.39, 0.29) is 29.3 Å². The number of halogens is 3. The number of hydrogen-bond acceptors (Lipinski definition) is 9. The van der Waals surface area contributed by atoms with Gasteiger partial charge in [0.25, 0.3) is 0 Å². The van der Waals surface area contributed by atoms with Crippen molar-refractivity contribution >= 4 is 11.6 Å². The van der Waals surface area contributed by atoms with Crippen molar-refractivity contribution < 1.29 is 33.6 Å². The van der Waals surface area contributed by atoms with E-state index in [0.29, 0.717) is 5.69 Å². The number of rotatable bonds is 8. The maximum Gasteiger partial charge on any atom is 0.178 e. The molecule has 0 unspecified atom stereocenters. The van der Waals surface area contributed by atoms with Gasteiger partial charge in [0.15, 0.2) is 11.6 Å². The van der Waals surface area contributed by atoms with Crippen molar-refractivity contribution in [3.8, 4) is 11.3 Å². The molecule has 14 heteroatoms. The average molecular weight is 529 g/mol. The van der Waals surface area contributed by atoms with Crippen LogP contribution in [0.1, 0.15) is 25.6 Å². The number of nitrogens with zero attached hydrogens (tertiary/aromatic N) is 6. The van der Waals surface area contributed by atoms with Crippen LogP contribution in [0.5, 0.6) is 0 Å². The van der Waals surface area contributed by atoms with Gasteiger partial charge in [-0.25, -0.2) is 18.1 Å². The maximum atomic E-state index is 14.5. The van der Waals surface area contributed by atoms with Crippen LogP contribution in [0.2, 0.25) is 5.02 Å². The Bertz CT molecular complexity index is 1210. The molecule has 5 atom stereocenters. The number of hydrogen-bond donors (Lipinski definition) is 3. The number of aromatic nitrogens is 6. The summed E-state index contributed by atoms with van der Waals surface area (Å²) in [5.74, 6) is -2.38. The van der Waals surface area contributed by atoms with Crippen LogP contribution in [0.4, 0.5) is 8.78 Å². The standard InChI is InChI=1S/C22H27ClF2N6O5/c1-22(2,10-33)31-7-11(26-29-31)6-15-21(35-3)19(20(34)16(9-32)36-15)30-8-14(27-28-30)12-4-5-13(23)18(25)17(12)24/h4-5,7-8,15-16,19-21,32-34H,6,9-10H2,1-3H3/t15-,16-,19+,20+,21+/m1/s1. The second kappa shape index (κ2) is 10.4. The predicted octanol–water partition coefficient (Wildman–Crippen LogP) is 1.11. The van der Waals surface area contributed by atoms with E-state index in [1.165, 1.54) is 34.8 Å². The van der Waals surface area contributed by atoms with E-state index < -0.39 is 54.2 Å². The highest BCUT2D eigenvalue weighted by atomic mass is 35.5. The van der Waals surface area contributed by atoms with E-state index in [1.54, 1.807) is 20.0 Å². The van der Waals surface area contributed by atoms with Crippen molar-refractivity contribution in [2.75, 3.05) is 20.3 Å². The highest BCUT2D eigenvalue weighted by Crippen LogP contribution is 2.34. The molecular weight excluding hydrogens is 502 g/mol. The van der Waals surface area contributed by atoms with Crippen molar-refractivity contribution in [1.82, 2.24) is 30.0 Å². The molecule has 36 heavy (non-hydrogen) atoms. The van der Waals surface area contributed by atoms with Crippen LogP contribution in [0.25, 0.3) is 11.3 Å². The molecule has 0 aliphatic carbocycles. The number of methoxy groups -OCH3 is 1. The topological polar surface area (TPSA) is 141 Å².